The van der Waals surface area contributed by atoms with Crippen LogP contribution in [0.5, 0.6) is 0 Å². The third kappa shape index (κ3) is 2.99. The molecule has 3 nitrogen and oxygen atoms in total. The Morgan fingerprint density at radius 2 is 2.08 bits per heavy atom. The minimum Gasteiger partial charge on any atom is -0.457 e. The molecule has 0 aromatic carbocycles. The summed E-state index contributed by atoms with van der Waals surface area (Å²) < 4.78 is 24.8. The number of halogens is 1. The number of hydrogen-bond acceptors (Lipinski definition) is 3. The van der Waals surface area contributed by atoms with Crippen LogP contribution in [0.1, 0.15) is 4.88 Å². The molecule has 0 aliphatic heterocycles. The molecular weight excluding hydrogens is 229 g/mol. The Hall–Kier alpha value is 0.900. The van der Waals surface area contributed by atoms with Crippen molar-refractivity contribution in [3.63, 3.8) is 0 Å². The largest absolute Gasteiger partial charge is 1.00 e. The molecule has 0 spiro atoms. The summed E-state index contributed by atoms with van der Waals surface area (Å²) in [5, 5.41) is 0. The van der Waals surface area contributed by atoms with Gasteiger partial charge in [0.25, 0.3) is 0 Å². The molecule has 0 fully saturated rings. The van der Waals surface area contributed by atoms with Crippen LogP contribution in [0.25, 0.3) is 4.24 Å². The summed E-state index contributed by atoms with van der Waals surface area (Å²) in [5.74, 6) is 0. The van der Waals surface area contributed by atoms with E-state index < -0.39 is 10.0 Å². The zero-order valence-corrected chi connectivity index (χ0v) is 11.0. The first-order valence-corrected chi connectivity index (χ1v) is 5.30. The molecule has 0 aliphatic carbocycles. The quantitative estimate of drug-likeness (QED) is 0.633. The van der Waals surface area contributed by atoms with Gasteiger partial charge in [0.15, 0.2) is 0 Å². The molecule has 0 unspecified atom stereocenters. The van der Waals surface area contributed by atoms with Crippen LogP contribution >= 0.6 is 23.1 Å². The minimum absolute atomic E-state index is 0. The van der Waals surface area contributed by atoms with E-state index >= 15 is 0 Å². The van der Waals surface area contributed by atoms with Crippen molar-refractivity contribution in [1.82, 2.24) is 0 Å². The van der Waals surface area contributed by atoms with Crippen LogP contribution in [0.4, 0.5) is 0 Å². The van der Waals surface area contributed by atoms with Crippen LogP contribution in [-0.2, 0) is 10.0 Å². The van der Waals surface area contributed by atoms with Crippen molar-refractivity contribution in [2.45, 2.75) is 11.1 Å². The Morgan fingerprint density at radius 3 is 2.42 bits per heavy atom. The monoisotopic (exact) mass is 233 g/mol. The molecule has 7 heteroatoms. The number of sulfonamides is 1. The van der Waals surface area contributed by atoms with Crippen LogP contribution < -0.4 is 29.6 Å². The maximum Gasteiger partial charge on any atom is 1.00 e. The van der Waals surface area contributed by atoms with E-state index in [1.807, 2.05) is 6.92 Å². The first-order chi connectivity index (χ1) is 5.06. The van der Waals surface area contributed by atoms with Gasteiger partial charge in [-0.1, -0.05) is 0 Å². The Morgan fingerprint density at radius 1 is 1.50 bits per heavy atom. The van der Waals surface area contributed by atoms with Crippen molar-refractivity contribution in [3.8, 4) is 0 Å². The van der Waals surface area contributed by atoms with E-state index in [4.69, 9.17) is 11.8 Å². The molecule has 0 saturated heterocycles. The first-order valence-electron chi connectivity index (χ1n) is 2.71. The smallest absolute Gasteiger partial charge is 0.457 e. The Labute approximate surface area is 103 Å². The van der Waals surface area contributed by atoms with Gasteiger partial charge < -0.3 is 4.24 Å². The van der Waals surface area contributed by atoms with Crippen molar-refractivity contribution in [2.24, 2.45) is 0 Å². The van der Waals surface area contributed by atoms with Crippen molar-refractivity contribution in [3.05, 3.63) is 21.3 Å². The second-order valence-corrected chi connectivity index (χ2v) is 5.40. The first kappa shape index (κ1) is 12.9. The molecule has 1 heterocycles. The van der Waals surface area contributed by atoms with E-state index in [1.165, 1.54) is 6.07 Å². The molecule has 1 aromatic heterocycles. The molecule has 62 valence electrons. The standard InChI is InChI=1S/C5H5ClNO2S2.Na/c1-4-2-3-5(10-4)11(8,9)7-6;/h2-3H,1H3;/q-1;+1. The Balaban J connectivity index is 0.00000121. The number of nitrogens with zero attached hydrogens (tertiary/aromatic N) is 1. The van der Waals surface area contributed by atoms with Gasteiger partial charge in [-0.2, -0.15) is 0 Å². The van der Waals surface area contributed by atoms with E-state index in [9.17, 15) is 8.42 Å². The van der Waals surface area contributed by atoms with E-state index in [0.717, 1.165) is 16.2 Å². The second-order valence-electron chi connectivity index (χ2n) is 1.91. The SMILES string of the molecule is Cc1ccc(S(=O)(=O)[N-]Cl)s1.[Na+]. The van der Waals surface area contributed by atoms with Crippen molar-refractivity contribution in [1.29, 1.82) is 0 Å². The number of rotatable bonds is 2. The number of thiophene rings is 1. The molecule has 1 aromatic rings. The van der Waals surface area contributed by atoms with Gasteiger partial charge >= 0.3 is 29.6 Å². The van der Waals surface area contributed by atoms with Crippen LogP contribution in [0, 0.1) is 6.92 Å². The maximum absolute atomic E-state index is 10.9. The number of hydrogen-bond donors (Lipinski definition) is 0. The fraction of sp³-hybridized carbons (Fsp3) is 0.200. The molecule has 0 atom stereocenters. The summed E-state index contributed by atoms with van der Waals surface area (Å²) in [6.45, 7) is 1.82. The van der Waals surface area contributed by atoms with E-state index in [-0.39, 0.29) is 33.8 Å². The molecule has 0 radical (unpaired) electrons. The van der Waals surface area contributed by atoms with Gasteiger partial charge in [-0.3, -0.25) is 11.8 Å². The molecule has 12 heavy (non-hydrogen) atoms. The van der Waals surface area contributed by atoms with Gasteiger partial charge in [0.05, 0.1) is 0 Å². The fourth-order valence-corrected chi connectivity index (χ4v) is 2.76. The molecule has 0 aliphatic rings. The topological polar surface area (TPSA) is 48.2 Å². The normalized spacial score (nSPS) is 10.8. The van der Waals surface area contributed by atoms with Gasteiger partial charge in [-0.05, 0) is 19.1 Å². The zero-order chi connectivity index (χ0) is 8.48. The van der Waals surface area contributed by atoms with Crippen LogP contribution in [0.2, 0.25) is 0 Å². The Kier molecular flexibility index (Phi) is 5.32. The van der Waals surface area contributed by atoms with Crippen LogP contribution in [0.3, 0.4) is 0 Å². The molecule has 0 amide bonds. The average molecular weight is 234 g/mol. The summed E-state index contributed by atoms with van der Waals surface area (Å²) in [5.41, 5.74) is 0. The van der Waals surface area contributed by atoms with Gasteiger partial charge in [0.1, 0.15) is 14.2 Å². The van der Waals surface area contributed by atoms with E-state index in [2.05, 4.69) is 4.24 Å². The zero-order valence-electron chi connectivity index (χ0n) is 6.61. The minimum atomic E-state index is -3.57. The summed E-state index contributed by atoms with van der Waals surface area (Å²) in [7, 11) is -3.57. The molecular formula is C5H5ClNNaO2S2. The number of aryl methyl sites for hydroxylation is 1. The van der Waals surface area contributed by atoms with Crippen LogP contribution in [-0.4, -0.2) is 8.42 Å². The molecule has 0 bridgehead atoms. The molecule has 0 saturated carbocycles. The van der Waals surface area contributed by atoms with Crippen LogP contribution in [0.15, 0.2) is 16.3 Å². The molecule has 0 N–H and O–H groups in total. The predicted octanol–water partition coefficient (Wildman–Crippen LogP) is -0.723. The van der Waals surface area contributed by atoms with Gasteiger partial charge in [-0.15, -0.1) is 11.3 Å². The van der Waals surface area contributed by atoms with Crippen molar-refractivity contribution in [2.75, 3.05) is 0 Å². The summed E-state index contributed by atoms with van der Waals surface area (Å²) >= 11 is 6.03. The second kappa shape index (κ2) is 4.95. The third-order valence-corrected chi connectivity index (χ3v) is 4.11. The molecule has 1 rings (SSSR count). The third-order valence-electron chi connectivity index (χ3n) is 1.06. The predicted molar refractivity (Wildman–Crippen MR) is 45.5 cm³/mol. The van der Waals surface area contributed by atoms with Crippen molar-refractivity contribution < 1.29 is 38.0 Å². The Bertz CT molecular complexity index is 348. The van der Waals surface area contributed by atoms with Gasteiger partial charge in [-0.25, -0.2) is 8.42 Å². The van der Waals surface area contributed by atoms with E-state index in [1.54, 1.807) is 6.07 Å². The van der Waals surface area contributed by atoms with E-state index in [0.29, 0.717) is 0 Å². The van der Waals surface area contributed by atoms with Crippen molar-refractivity contribution >= 4 is 33.1 Å². The summed E-state index contributed by atoms with van der Waals surface area (Å²) in [4.78, 5) is 0.920. The summed E-state index contributed by atoms with van der Waals surface area (Å²) in [6.07, 6.45) is 0. The summed E-state index contributed by atoms with van der Waals surface area (Å²) in [6, 6.07) is 3.20. The van der Waals surface area contributed by atoms with Gasteiger partial charge in [0, 0.05) is 4.88 Å². The fourth-order valence-electron chi connectivity index (χ4n) is 0.585. The maximum atomic E-state index is 10.9. The average Bonchev–Trinajstić information content (AvgIpc) is 2.36. The van der Waals surface area contributed by atoms with Gasteiger partial charge in [0.2, 0.25) is 0 Å².